The van der Waals surface area contributed by atoms with Crippen LogP contribution in [0.3, 0.4) is 0 Å². The first kappa shape index (κ1) is 17.0. The fourth-order valence-electron chi connectivity index (χ4n) is 1.42. The molecule has 0 saturated heterocycles. The lowest BCUT2D eigenvalue weighted by molar-refractivity contribution is -0.123. The first-order valence-electron chi connectivity index (χ1n) is 6.44. The number of carbonyl (C=O) groups is 1. The van der Waals surface area contributed by atoms with Crippen molar-refractivity contribution in [3.63, 3.8) is 0 Å². The second-order valence-corrected chi connectivity index (χ2v) is 5.95. The molecule has 0 atom stereocenters. The van der Waals surface area contributed by atoms with Gasteiger partial charge in [0.15, 0.2) is 0 Å². The Hall–Kier alpha value is -1.08. The molecular formula is C15H21IN2O2. The molecule has 0 aliphatic rings. The number of hydrogen-bond acceptors (Lipinski definition) is 3. The van der Waals surface area contributed by atoms with E-state index in [1.165, 1.54) is 3.57 Å². The zero-order chi connectivity index (χ0) is 15.0. The van der Waals surface area contributed by atoms with Gasteiger partial charge < -0.3 is 9.64 Å². The summed E-state index contributed by atoms with van der Waals surface area (Å²) in [7, 11) is 5.48. The number of hydrogen-bond donors (Lipinski definition) is 0. The molecule has 0 saturated carbocycles. The highest BCUT2D eigenvalue weighted by molar-refractivity contribution is 14.1. The minimum atomic E-state index is 0.00791. The Balaban J connectivity index is 2.21. The van der Waals surface area contributed by atoms with Crippen molar-refractivity contribution in [1.82, 2.24) is 9.80 Å². The van der Waals surface area contributed by atoms with E-state index in [2.05, 4.69) is 27.5 Å². The van der Waals surface area contributed by atoms with Gasteiger partial charge in [-0.2, -0.15) is 0 Å². The summed E-state index contributed by atoms with van der Waals surface area (Å²) in [6, 6.07) is 7.99. The predicted molar refractivity (Wildman–Crippen MR) is 90.0 cm³/mol. The molecule has 1 aromatic carbocycles. The average molecular weight is 388 g/mol. The Kier molecular flexibility index (Phi) is 7.61. The Bertz CT molecular complexity index is 444. The van der Waals surface area contributed by atoms with E-state index in [4.69, 9.17) is 4.74 Å². The van der Waals surface area contributed by atoms with E-state index in [-0.39, 0.29) is 5.91 Å². The third-order valence-corrected chi connectivity index (χ3v) is 3.39. The third kappa shape index (κ3) is 6.91. The molecule has 1 rings (SSSR count). The maximum atomic E-state index is 11.3. The summed E-state index contributed by atoms with van der Waals surface area (Å²) >= 11 is 2.27. The lowest BCUT2D eigenvalue weighted by atomic mass is 10.3. The lowest BCUT2D eigenvalue weighted by Gasteiger charge is -2.15. The molecule has 0 spiro atoms. The molecule has 0 aliphatic heterocycles. The number of halogens is 1. The number of amides is 1. The number of ether oxygens (including phenoxy) is 1. The number of likely N-dealkylation sites (N-methyl/N-ethyl adjacent to an activating group) is 2. The molecule has 0 N–H and O–H groups in total. The smallest absolute Gasteiger partial charge is 0.245 e. The summed E-state index contributed by atoms with van der Waals surface area (Å²) < 4.78 is 6.85. The van der Waals surface area contributed by atoms with Gasteiger partial charge >= 0.3 is 0 Å². The van der Waals surface area contributed by atoms with Crippen LogP contribution in [0.2, 0.25) is 0 Å². The fraction of sp³-hybridized carbons (Fsp3) is 0.400. The van der Waals surface area contributed by atoms with Gasteiger partial charge in [-0.05, 0) is 53.9 Å². The second-order valence-electron chi connectivity index (χ2n) is 4.70. The molecule has 1 aromatic rings. The molecule has 0 radical (unpaired) electrons. The Morgan fingerprint density at radius 3 is 2.50 bits per heavy atom. The molecule has 5 heteroatoms. The molecule has 1 amide bonds. The van der Waals surface area contributed by atoms with E-state index in [1.54, 1.807) is 25.1 Å². The molecular weight excluding hydrogens is 367 g/mol. The number of carbonyl (C=O) groups excluding carboxylic acids is 1. The topological polar surface area (TPSA) is 32.8 Å². The molecule has 0 aliphatic carbocycles. The molecule has 0 aromatic heterocycles. The van der Waals surface area contributed by atoms with Gasteiger partial charge in [0, 0.05) is 36.8 Å². The molecule has 20 heavy (non-hydrogen) atoms. The van der Waals surface area contributed by atoms with Crippen molar-refractivity contribution in [3.05, 3.63) is 40.0 Å². The van der Waals surface area contributed by atoms with Gasteiger partial charge in [-0.3, -0.25) is 9.69 Å². The van der Waals surface area contributed by atoms with Crippen molar-refractivity contribution in [2.45, 2.75) is 0 Å². The fourth-order valence-corrected chi connectivity index (χ4v) is 1.78. The van der Waals surface area contributed by atoms with E-state index in [1.807, 2.05) is 37.4 Å². The monoisotopic (exact) mass is 388 g/mol. The van der Waals surface area contributed by atoms with Crippen LogP contribution in [0.25, 0.3) is 0 Å². The van der Waals surface area contributed by atoms with Gasteiger partial charge in [0.25, 0.3) is 0 Å². The van der Waals surface area contributed by atoms with Gasteiger partial charge in [-0.15, -0.1) is 0 Å². The zero-order valence-electron chi connectivity index (χ0n) is 12.2. The highest BCUT2D eigenvalue weighted by Crippen LogP contribution is 2.13. The van der Waals surface area contributed by atoms with Crippen molar-refractivity contribution in [3.8, 4) is 5.75 Å². The maximum absolute atomic E-state index is 11.3. The number of nitrogens with zero attached hydrogens (tertiary/aromatic N) is 2. The van der Waals surface area contributed by atoms with E-state index in [0.717, 1.165) is 18.8 Å². The van der Waals surface area contributed by atoms with E-state index >= 15 is 0 Å². The highest BCUT2D eigenvalue weighted by Gasteiger charge is 1.99. The summed E-state index contributed by atoms with van der Waals surface area (Å²) in [5.74, 6) is 0.894. The van der Waals surface area contributed by atoms with Crippen molar-refractivity contribution < 1.29 is 9.53 Å². The Morgan fingerprint density at radius 1 is 1.25 bits per heavy atom. The quantitative estimate of drug-likeness (QED) is 0.531. The van der Waals surface area contributed by atoms with Crippen LogP contribution in [0.1, 0.15) is 0 Å². The summed E-state index contributed by atoms with van der Waals surface area (Å²) in [6.45, 7) is 2.18. The molecule has 0 heterocycles. The third-order valence-electron chi connectivity index (χ3n) is 2.67. The maximum Gasteiger partial charge on any atom is 0.245 e. The summed E-state index contributed by atoms with van der Waals surface area (Å²) in [5, 5.41) is 0. The SMILES string of the molecule is CN(C/C=C/C(=O)N(C)C)CCOc1ccc(I)cc1. The lowest BCUT2D eigenvalue weighted by Crippen LogP contribution is -2.25. The Labute approximate surface area is 134 Å². The van der Waals surface area contributed by atoms with E-state index < -0.39 is 0 Å². The van der Waals surface area contributed by atoms with Crippen LogP contribution < -0.4 is 4.74 Å². The van der Waals surface area contributed by atoms with E-state index in [9.17, 15) is 4.79 Å². The number of benzene rings is 1. The van der Waals surface area contributed by atoms with Crippen molar-refractivity contribution in [2.24, 2.45) is 0 Å². The van der Waals surface area contributed by atoms with Gasteiger partial charge in [0.05, 0.1) is 0 Å². The second kappa shape index (κ2) is 8.97. The van der Waals surface area contributed by atoms with Crippen LogP contribution in [-0.4, -0.2) is 56.5 Å². The number of rotatable bonds is 7. The largest absolute Gasteiger partial charge is 0.492 e. The van der Waals surface area contributed by atoms with Crippen molar-refractivity contribution >= 4 is 28.5 Å². The normalized spacial score (nSPS) is 11.1. The molecule has 0 bridgehead atoms. The first-order chi connectivity index (χ1) is 9.49. The van der Waals surface area contributed by atoms with Gasteiger partial charge in [0.2, 0.25) is 5.91 Å². The summed E-state index contributed by atoms with van der Waals surface area (Å²) in [4.78, 5) is 15.0. The van der Waals surface area contributed by atoms with Crippen LogP contribution >= 0.6 is 22.6 Å². The van der Waals surface area contributed by atoms with Crippen LogP contribution in [-0.2, 0) is 4.79 Å². The van der Waals surface area contributed by atoms with E-state index in [0.29, 0.717) is 6.61 Å². The Morgan fingerprint density at radius 2 is 1.90 bits per heavy atom. The molecule has 110 valence electrons. The van der Waals surface area contributed by atoms with Crippen LogP contribution in [0, 0.1) is 3.57 Å². The molecule has 0 unspecified atom stereocenters. The zero-order valence-corrected chi connectivity index (χ0v) is 14.3. The average Bonchev–Trinajstić information content (AvgIpc) is 2.40. The van der Waals surface area contributed by atoms with Gasteiger partial charge in [-0.1, -0.05) is 6.08 Å². The summed E-state index contributed by atoms with van der Waals surface area (Å²) in [6.07, 6.45) is 3.46. The molecule has 0 fully saturated rings. The van der Waals surface area contributed by atoms with Gasteiger partial charge in [0.1, 0.15) is 12.4 Å². The van der Waals surface area contributed by atoms with Crippen molar-refractivity contribution in [1.29, 1.82) is 0 Å². The minimum Gasteiger partial charge on any atom is -0.492 e. The minimum absolute atomic E-state index is 0.00791. The van der Waals surface area contributed by atoms with Crippen LogP contribution in [0.4, 0.5) is 0 Å². The van der Waals surface area contributed by atoms with Crippen LogP contribution in [0.15, 0.2) is 36.4 Å². The van der Waals surface area contributed by atoms with Crippen LogP contribution in [0.5, 0.6) is 5.75 Å². The first-order valence-corrected chi connectivity index (χ1v) is 7.51. The predicted octanol–water partition coefficient (Wildman–Crippen LogP) is 2.25. The standard InChI is InChI=1S/C15H21IN2O2/c1-17(2)15(19)5-4-10-18(3)11-12-20-14-8-6-13(16)7-9-14/h4-9H,10-12H2,1-3H3/b5-4+. The van der Waals surface area contributed by atoms with Crippen molar-refractivity contribution in [2.75, 3.05) is 40.8 Å². The van der Waals surface area contributed by atoms with Gasteiger partial charge in [-0.25, -0.2) is 0 Å². The molecule has 4 nitrogen and oxygen atoms in total. The highest BCUT2D eigenvalue weighted by atomic mass is 127. The summed E-state index contributed by atoms with van der Waals surface area (Å²) in [5.41, 5.74) is 0.